The Morgan fingerprint density at radius 3 is 2.06 bits per heavy atom. The second-order valence-electron chi connectivity index (χ2n) is 7.51. The van der Waals surface area contributed by atoms with E-state index < -0.39 is 0 Å². The first-order chi connectivity index (χ1) is 16.2. The molecule has 1 amide bonds. The van der Waals surface area contributed by atoms with Crippen LogP contribution in [0.5, 0.6) is 0 Å². The largest absolute Gasteiger partial charge is 0.340 e. The number of benzene rings is 3. The normalized spacial score (nSPS) is 11.0. The van der Waals surface area contributed by atoms with Crippen molar-refractivity contribution in [3.63, 3.8) is 0 Å². The van der Waals surface area contributed by atoms with Crippen molar-refractivity contribution in [2.24, 2.45) is 0 Å². The van der Waals surface area contributed by atoms with Crippen LogP contribution in [0.1, 0.15) is 27.7 Å². The summed E-state index contributed by atoms with van der Waals surface area (Å²) in [4.78, 5) is 14.6. The van der Waals surface area contributed by atoms with Crippen LogP contribution >= 0.6 is 11.3 Å². The van der Waals surface area contributed by atoms with Crippen LogP contribution in [0.4, 0.5) is 4.39 Å². The van der Waals surface area contributed by atoms with E-state index in [1.807, 2.05) is 78.2 Å². The Bertz CT molecular complexity index is 1310. The number of amides is 1. The van der Waals surface area contributed by atoms with E-state index in [0.717, 1.165) is 16.0 Å². The lowest BCUT2D eigenvalue weighted by molar-refractivity contribution is 0.0935. The van der Waals surface area contributed by atoms with E-state index >= 15 is 0 Å². The lowest BCUT2D eigenvalue weighted by Gasteiger charge is -2.20. The number of nitrogens with zero attached hydrogens (tertiary/aromatic N) is 2. The van der Waals surface area contributed by atoms with Crippen molar-refractivity contribution in [2.45, 2.75) is 6.04 Å². The topological polar surface area (TPSA) is 46.9 Å². The van der Waals surface area contributed by atoms with Gasteiger partial charge in [0, 0.05) is 0 Å². The van der Waals surface area contributed by atoms with Crippen LogP contribution in [0.3, 0.4) is 0 Å². The third kappa shape index (κ3) is 4.47. The summed E-state index contributed by atoms with van der Waals surface area (Å²) in [5.74, 6) is -0.615. The van der Waals surface area contributed by atoms with Gasteiger partial charge in [-0.2, -0.15) is 5.10 Å². The summed E-state index contributed by atoms with van der Waals surface area (Å²) < 4.78 is 15.1. The van der Waals surface area contributed by atoms with E-state index in [2.05, 4.69) is 10.4 Å². The maximum Gasteiger partial charge on any atom is 0.270 e. The summed E-state index contributed by atoms with van der Waals surface area (Å²) in [5, 5.41) is 9.81. The van der Waals surface area contributed by atoms with Gasteiger partial charge in [0.05, 0.1) is 16.6 Å². The van der Waals surface area contributed by atoms with Crippen LogP contribution in [0.25, 0.3) is 16.3 Å². The van der Waals surface area contributed by atoms with Gasteiger partial charge in [0.25, 0.3) is 5.91 Å². The molecule has 3 aromatic carbocycles. The fourth-order valence-corrected chi connectivity index (χ4v) is 4.40. The van der Waals surface area contributed by atoms with Gasteiger partial charge in [-0.1, -0.05) is 66.7 Å². The number of thiophene rings is 1. The van der Waals surface area contributed by atoms with Gasteiger partial charge in [0.1, 0.15) is 17.2 Å². The summed E-state index contributed by atoms with van der Waals surface area (Å²) in [5.41, 5.74) is 3.63. The zero-order valence-electron chi connectivity index (χ0n) is 17.6. The Morgan fingerprint density at radius 2 is 1.48 bits per heavy atom. The van der Waals surface area contributed by atoms with Crippen molar-refractivity contribution in [1.82, 2.24) is 15.1 Å². The van der Waals surface area contributed by atoms with Crippen molar-refractivity contribution in [3.8, 4) is 16.3 Å². The fourth-order valence-electron chi connectivity index (χ4n) is 3.72. The Labute approximate surface area is 195 Å². The smallest absolute Gasteiger partial charge is 0.270 e. The van der Waals surface area contributed by atoms with Gasteiger partial charge in [-0.25, -0.2) is 9.07 Å². The van der Waals surface area contributed by atoms with Crippen LogP contribution in [0.15, 0.2) is 109 Å². The van der Waals surface area contributed by atoms with Gasteiger partial charge in [-0.3, -0.25) is 4.79 Å². The molecule has 0 spiro atoms. The molecule has 2 aromatic heterocycles. The second kappa shape index (κ2) is 9.22. The van der Waals surface area contributed by atoms with E-state index in [1.165, 1.54) is 12.1 Å². The number of carbonyl (C=O) groups is 1. The van der Waals surface area contributed by atoms with Crippen molar-refractivity contribution < 1.29 is 9.18 Å². The molecule has 0 bridgehead atoms. The molecule has 0 fully saturated rings. The third-order valence-corrected chi connectivity index (χ3v) is 6.22. The molecule has 0 saturated heterocycles. The fraction of sp³-hybridized carbons (Fsp3) is 0.0370. The van der Waals surface area contributed by atoms with Gasteiger partial charge in [-0.15, -0.1) is 11.3 Å². The molecular weight excluding hydrogens is 433 g/mol. The van der Waals surface area contributed by atoms with E-state index in [0.29, 0.717) is 17.1 Å². The van der Waals surface area contributed by atoms with Crippen molar-refractivity contribution >= 4 is 17.2 Å². The molecule has 2 heterocycles. The number of hydrogen-bond donors (Lipinski definition) is 1. The maximum absolute atomic E-state index is 13.6. The molecule has 4 nitrogen and oxygen atoms in total. The van der Waals surface area contributed by atoms with Crippen LogP contribution in [-0.4, -0.2) is 15.7 Å². The molecule has 0 aliphatic carbocycles. The predicted octanol–water partition coefficient (Wildman–Crippen LogP) is 6.26. The zero-order valence-corrected chi connectivity index (χ0v) is 18.4. The predicted molar refractivity (Wildman–Crippen MR) is 129 cm³/mol. The van der Waals surface area contributed by atoms with Gasteiger partial charge < -0.3 is 5.32 Å². The monoisotopic (exact) mass is 453 g/mol. The quantitative estimate of drug-likeness (QED) is 0.330. The molecule has 1 N–H and O–H groups in total. The molecule has 0 unspecified atom stereocenters. The second-order valence-corrected chi connectivity index (χ2v) is 8.46. The highest BCUT2D eigenvalue weighted by Gasteiger charge is 2.22. The van der Waals surface area contributed by atoms with Crippen molar-refractivity contribution in [2.75, 3.05) is 0 Å². The summed E-state index contributed by atoms with van der Waals surface area (Å²) in [6, 6.07) is 31.0. The molecule has 0 saturated carbocycles. The molecule has 33 heavy (non-hydrogen) atoms. The number of nitrogens with one attached hydrogen (secondary N) is 1. The van der Waals surface area contributed by atoms with Gasteiger partial charge in [0.2, 0.25) is 0 Å². The molecule has 0 atom stereocenters. The average Bonchev–Trinajstić information content (AvgIpc) is 3.54. The SMILES string of the molecule is O=C(NC(c1ccccc1)c1ccccc1)c1cc(-c2cccs2)nn1-c1ccc(F)cc1. The molecule has 5 aromatic rings. The number of rotatable bonds is 6. The van der Waals surface area contributed by atoms with Crippen molar-refractivity contribution in [1.29, 1.82) is 0 Å². The highest BCUT2D eigenvalue weighted by molar-refractivity contribution is 7.13. The summed E-state index contributed by atoms with van der Waals surface area (Å²) in [7, 11) is 0. The molecule has 0 aliphatic rings. The highest BCUT2D eigenvalue weighted by atomic mass is 32.1. The van der Waals surface area contributed by atoms with Gasteiger partial charge in [-0.05, 0) is 52.9 Å². The van der Waals surface area contributed by atoms with E-state index in [-0.39, 0.29) is 17.8 Å². The third-order valence-electron chi connectivity index (χ3n) is 5.33. The zero-order chi connectivity index (χ0) is 22.6. The van der Waals surface area contributed by atoms with Gasteiger partial charge in [0.15, 0.2) is 0 Å². The summed E-state index contributed by atoms with van der Waals surface area (Å²) in [6.45, 7) is 0. The lowest BCUT2D eigenvalue weighted by Crippen LogP contribution is -2.31. The minimum absolute atomic E-state index is 0.271. The number of carbonyl (C=O) groups excluding carboxylic acids is 1. The van der Waals surface area contributed by atoms with Crippen LogP contribution in [-0.2, 0) is 0 Å². The molecule has 0 radical (unpaired) electrons. The van der Waals surface area contributed by atoms with Crippen LogP contribution in [0, 0.1) is 5.82 Å². The molecule has 6 heteroatoms. The number of hydrogen-bond acceptors (Lipinski definition) is 3. The van der Waals surface area contributed by atoms with Crippen LogP contribution in [0.2, 0.25) is 0 Å². The van der Waals surface area contributed by atoms with E-state index in [4.69, 9.17) is 0 Å². The Kier molecular flexibility index (Phi) is 5.83. The van der Waals surface area contributed by atoms with Gasteiger partial charge >= 0.3 is 0 Å². The first kappa shape index (κ1) is 20.8. The maximum atomic E-state index is 13.6. The molecular formula is C27H20FN3OS. The van der Waals surface area contributed by atoms with E-state index in [1.54, 1.807) is 34.2 Å². The van der Waals surface area contributed by atoms with Crippen LogP contribution < -0.4 is 5.32 Å². The summed E-state index contributed by atoms with van der Waals surface area (Å²) >= 11 is 1.55. The Balaban J connectivity index is 1.56. The molecule has 0 aliphatic heterocycles. The minimum atomic E-state index is -0.344. The number of halogens is 1. The number of aromatic nitrogens is 2. The minimum Gasteiger partial charge on any atom is -0.340 e. The molecule has 5 rings (SSSR count). The Morgan fingerprint density at radius 1 is 0.848 bits per heavy atom. The standard InChI is InChI=1S/C27H20FN3OS/c28-21-13-15-22(16-14-21)31-24(18-23(30-31)25-12-7-17-33-25)27(32)29-26(19-8-3-1-4-9-19)20-10-5-2-6-11-20/h1-18,26H,(H,29,32). The first-order valence-electron chi connectivity index (χ1n) is 10.5. The van der Waals surface area contributed by atoms with Crippen molar-refractivity contribution in [3.05, 3.63) is 131 Å². The molecule has 162 valence electrons. The first-order valence-corrected chi connectivity index (χ1v) is 11.4. The highest BCUT2D eigenvalue weighted by Crippen LogP contribution is 2.27. The van der Waals surface area contributed by atoms with E-state index in [9.17, 15) is 9.18 Å². The Hall–Kier alpha value is -4.03. The average molecular weight is 454 g/mol. The lowest BCUT2D eigenvalue weighted by atomic mass is 9.98. The summed E-state index contributed by atoms with van der Waals surface area (Å²) in [6.07, 6.45) is 0.